The van der Waals surface area contributed by atoms with E-state index in [9.17, 15) is 4.79 Å². The number of benzene rings is 1. The number of piperidine rings is 2. The first-order valence-electron chi connectivity index (χ1n) is 13.9. The van der Waals surface area contributed by atoms with Crippen LogP contribution in [0.2, 0.25) is 0 Å². The summed E-state index contributed by atoms with van der Waals surface area (Å²) in [5.74, 6) is 5.03. The van der Waals surface area contributed by atoms with Crippen LogP contribution in [0.3, 0.4) is 0 Å². The van der Waals surface area contributed by atoms with Crippen molar-refractivity contribution in [1.82, 2.24) is 19.4 Å². The predicted molar refractivity (Wildman–Crippen MR) is 139 cm³/mol. The summed E-state index contributed by atoms with van der Waals surface area (Å²) in [5, 5.41) is 0. The fourth-order valence-electron chi connectivity index (χ4n) is 6.79. The average molecular weight is 493 g/mol. The smallest absolute Gasteiger partial charge is 0.225 e. The number of aryl methyl sites for hydroxylation is 1. The number of likely N-dealkylation sites (tertiary alicyclic amines) is 2. The van der Waals surface area contributed by atoms with Crippen molar-refractivity contribution < 1.29 is 14.3 Å². The summed E-state index contributed by atoms with van der Waals surface area (Å²) in [5.41, 5.74) is 2.09. The molecule has 7 heteroatoms. The number of hydrogen-bond donors (Lipinski definition) is 0. The van der Waals surface area contributed by atoms with Crippen LogP contribution < -0.4 is 9.47 Å². The van der Waals surface area contributed by atoms with E-state index in [1.54, 1.807) is 14.2 Å². The first kappa shape index (κ1) is 23.8. The van der Waals surface area contributed by atoms with Crippen molar-refractivity contribution in [2.45, 2.75) is 64.0 Å². The van der Waals surface area contributed by atoms with Gasteiger partial charge in [0.05, 0.1) is 19.9 Å². The van der Waals surface area contributed by atoms with E-state index >= 15 is 0 Å². The minimum atomic E-state index is 0.360. The summed E-state index contributed by atoms with van der Waals surface area (Å²) in [6.07, 6.45) is 11.7. The zero-order chi connectivity index (χ0) is 24.6. The van der Waals surface area contributed by atoms with Gasteiger partial charge in [0.15, 0.2) is 11.5 Å². The van der Waals surface area contributed by atoms with Gasteiger partial charge in [0, 0.05) is 49.8 Å². The molecule has 0 radical (unpaired) electrons. The lowest BCUT2D eigenvalue weighted by molar-refractivity contribution is -0.134. The third-order valence-electron chi connectivity index (χ3n) is 9.17. The number of ether oxygens (including phenoxy) is 2. The Labute approximate surface area is 214 Å². The maximum Gasteiger partial charge on any atom is 0.225 e. The van der Waals surface area contributed by atoms with E-state index in [-0.39, 0.29) is 0 Å². The van der Waals surface area contributed by atoms with Crippen LogP contribution in [-0.2, 0) is 17.8 Å². The van der Waals surface area contributed by atoms with E-state index in [0.717, 1.165) is 86.3 Å². The summed E-state index contributed by atoms with van der Waals surface area (Å²) in [6, 6.07) is 6.71. The fraction of sp³-hybridized carbons (Fsp3) is 0.655. The Balaban J connectivity index is 1.03. The van der Waals surface area contributed by atoms with Crippen LogP contribution in [0.5, 0.6) is 11.5 Å². The molecular formula is C29H40N4O3. The van der Waals surface area contributed by atoms with Crippen molar-refractivity contribution in [3.63, 3.8) is 0 Å². The average Bonchev–Trinajstić information content (AvgIpc) is 3.70. The standard InChI is InChI=1S/C29H40N4O3/c1-35-26-7-5-22(17-27(26)36-2)25-19-33-18-23(6-8-28(33)30-25)20-9-13-31(14-10-20)24-11-15-32(16-12-24)29(34)21-3-4-21/h5,7,17,19-21,23-24H,3-4,6,8-16,18H2,1-2H3. The molecule has 4 aliphatic rings. The van der Waals surface area contributed by atoms with Crippen molar-refractivity contribution in [1.29, 1.82) is 0 Å². The number of nitrogens with zero attached hydrogens (tertiary/aromatic N) is 4. The van der Waals surface area contributed by atoms with E-state index in [4.69, 9.17) is 14.5 Å². The quantitative estimate of drug-likeness (QED) is 0.604. The van der Waals surface area contributed by atoms with Crippen LogP contribution in [0, 0.1) is 17.8 Å². The van der Waals surface area contributed by atoms with Crippen LogP contribution >= 0.6 is 0 Å². The molecule has 1 aromatic heterocycles. The highest BCUT2D eigenvalue weighted by atomic mass is 16.5. The lowest BCUT2D eigenvalue weighted by Gasteiger charge is -2.43. The maximum atomic E-state index is 12.4. The predicted octanol–water partition coefficient (Wildman–Crippen LogP) is 4.24. The largest absolute Gasteiger partial charge is 0.493 e. The summed E-state index contributed by atoms with van der Waals surface area (Å²) in [7, 11) is 3.34. The number of rotatable bonds is 6. The van der Waals surface area contributed by atoms with E-state index in [1.165, 1.54) is 38.2 Å². The second-order valence-electron chi connectivity index (χ2n) is 11.3. The van der Waals surface area contributed by atoms with E-state index in [0.29, 0.717) is 17.9 Å². The lowest BCUT2D eigenvalue weighted by Crippen LogP contribution is -2.50. The molecule has 194 valence electrons. The Morgan fingerprint density at radius 3 is 2.33 bits per heavy atom. The number of fused-ring (bicyclic) bond motifs is 1. The van der Waals surface area contributed by atoms with Crippen molar-refractivity contribution in [2.75, 3.05) is 40.4 Å². The molecule has 0 spiro atoms. The molecule has 1 aromatic carbocycles. The van der Waals surface area contributed by atoms with Crippen LogP contribution in [0.25, 0.3) is 11.3 Å². The summed E-state index contributed by atoms with van der Waals surface area (Å²) < 4.78 is 13.3. The van der Waals surface area contributed by atoms with Crippen molar-refractivity contribution in [2.24, 2.45) is 17.8 Å². The van der Waals surface area contributed by atoms with Gasteiger partial charge >= 0.3 is 0 Å². The molecule has 1 aliphatic carbocycles. The van der Waals surface area contributed by atoms with Gasteiger partial charge in [-0.2, -0.15) is 0 Å². The number of carbonyl (C=O) groups is 1. The first-order valence-corrected chi connectivity index (χ1v) is 13.9. The molecule has 1 amide bonds. The third kappa shape index (κ3) is 4.74. The van der Waals surface area contributed by atoms with Gasteiger partial charge in [-0.05, 0) is 88.1 Å². The Bertz CT molecular complexity index is 1080. The molecule has 0 bridgehead atoms. The van der Waals surface area contributed by atoms with Gasteiger partial charge in [-0.25, -0.2) is 4.98 Å². The van der Waals surface area contributed by atoms with Crippen LogP contribution in [0.4, 0.5) is 0 Å². The van der Waals surface area contributed by atoms with Gasteiger partial charge < -0.3 is 23.8 Å². The second kappa shape index (κ2) is 10.1. The van der Waals surface area contributed by atoms with E-state index in [1.807, 2.05) is 12.1 Å². The number of methoxy groups -OCH3 is 2. The van der Waals surface area contributed by atoms with Gasteiger partial charge in [-0.1, -0.05) is 0 Å². The number of aromatic nitrogens is 2. The maximum absolute atomic E-state index is 12.4. The Morgan fingerprint density at radius 2 is 1.64 bits per heavy atom. The zero-order valence-electron chi connectivity index (χ0n) is 21.8. The van der Waals surface area contributed by atoms with Gasteiger partial charge in [-0.3, -0.25) is 4.79 Å². The summed E-state index contributed by atoms with van der Waals surface area (Å²) >= 11 is 0. The minimum absolute atomic E-state index is 0.360. The molecule has 6 rings (SSSR count). The fourth-order valence-corrected chi connectivity index (χ4v) is 6.79. The molecule has 7 nitrogen and oxygen atoms in total. The molecule has 3 fully saturated rings. The highest BCUT2D eigenvalue weighted by molar-refractivity contribution is 5.81. The Hall–Kier alpha value is -2.54. The lowest BCUT2D eigenvalue weighted by atomic mass is 9.79. The molecule has 3 aliphatic heterocycles. The van der Waals surface area contributed by atoms with Gasteiger partial charge in [0.1, 0.15) is 5.82 Å². The Kier molecular flexibility index (Phi) is 6.67. The van der Waals surface area contributed by atoms with Crippen LogP contribution in [0.1, 0.15) is 50.8 Å². The minimum Gasteiger partial charge on any atom is -0.493 e. The van der Waals surface area contributed by atoms with Crippen LogP contribution in [0.15, 0.2) is 24.4 Å². The van der Waals surface area contributed by atoms with E-state index < -0.39 is 0 Å². The highest BCUT2D eigenvalue weighted by Gasteiger charge is 2.37. The number of hydrogen-bond acceptors (Lipinski definition) is 5. The molecule has 1 saturated carbocycles. The highest BCUT2D eigenvalue weighted by Crippen LogP contribution is 2.37. The topological polar surface area (TPSA) is 59.8 Å². The van der Waals surface area contributed by atoms with Crippen LogP contribution in [-0.4, -0.2) is 71.7 Å². The van der Waals surface area contributed by atoms with Gasteiger partial charge in [-0.15, -0.1) is 0 Å². The number of amides is 1. The number of imidazole rings is 1. The molecule has 2 aromatic rings. The normalized spacial score (nSPS) is 23.9. The SMILES string of the molecule is COc1ccc(-c2cn3c(n2)CCC(C2CCN(C4CCN(C(=O)C5CC5)CC4)CC2)C3)cc1OC. The summed E-state index contributed by atoms with van der Waals surface area (Å²) in [6.45, 7) is 5.46. The van der Waals surface area contributed by atoms with Gasteiger partial charge in [0.2, 0.25) is 5.91 Å². The molecule has 1 atom stereocenters. The molecular weight excluding hydrogens is 452 g/mol. The van der Waals surface area contributed by atoms with Crippen molar-refractivity contribution >= 4 is 5.91 Å². The molecule has 2 saturated heterocycles. The molecule has 0 N–H and O–H groups in total. The number of carbonyl (C=O) groups excluding carboxylic acids is 1. The van der Waals surface area contributed by atoms with E-state index in [2.05, 4.69) is 26.6 Å². The monoisotopic (exact) mass is 492 g/mol. The summed E-state index contributed by atoms with van der Waals surface area (Å²) in [4.78, 5) is 22.2. The molecule has 4 heterocycles. The van der Waals surface area contributed by atoms with Crippen molar-refractivity contribution in [3.05, 3.63) is 30.2 Å². The second-order valence-corrected chi connectivity index (χ2v) is 11.3. The molecule has 1 unspecified atom stereocenters. The third-order valence-corrected chi connectivity index (χ3v) is 9.17. The zero-order valence-corrected chi connectivity index (χ0v) is 21.8. The van der Waals surface area contributed by atoms with Crippen molar-refractivity contribution in [3.8, 4) is 22.8 Å². The first-order chi connectivity index (χ1) is 17.6. The Morgan fingerprint density at radius 1 is 0.889 bits per heavy atom. The molecule has 36 heavy (non-hydrogen) atoms. The van der Waals surface area contributed by atoms with Gasteiger partial charge in [0.25, 0.3) is 0 Å².